The number of nitrogens with one attached hydrogen (secondary N) is 1. The number of thiazole rings is 1. The number of piperidine rings is 1. The fourth-order valence-electron chi connectivity index (χ4n) is 5.73. The smallest absolute Gasteiger partial charge is 0.350 e. The van der Waals surface area contributed by atoms with E-state index in [-0.39, 0.29) is 35.9 Å². The van der Waals surface area contributed by atoms with Crippen LogP contribution in [0.2, 0.25) is 10.0 Å². The quantitative estimate of drug-likeness (QED) is 0.212. The van der Waals surface area contributed by atoms with E-state index in [4.69, 9.17) is 37.7 Å². The van der Waals surface area contributed by atoms with Gasteiger partial charge in [-0.25, -0.2) is 19.7 Å². The highest BCUT2D eigenvalue weighted by Crippen LogP contribution is 2.37. The van der Waals surface area contributed by atoms with E-state index in [0.29, 0.717) is 63.9 Å². The first-order valence-corrected chi connectivity index (χ1v) is 16.7. The number of carbonyl (C=O) groups excluding carboxylic acids is 2. The summed E-state index contributed by atoms with van der Waals surface area (Å²) in [4.78, 5) is 50.6. The van der Waals surface area contributed by atoms with Gasteiger partial charge in [-0.05, 0) is 39.7 Å². The number of aryl methyl sites for hydroxylation is 1. The number of anilines is 2. The van der Waals surface area contributed by atoms with E-state index in [2.05, 4.69) is 36.6 Å². The van der Waals surface area contributed by atoms with Crippen LogP contribution in [0.3, 0.4) is 0 Å². The van der Waals surface area contributed by atoms with Crippen molar-refractivity contribution in [2.45, 2.75) is 46.6 Å². The van der Waals surface area contributed by atoms with E-state index in [0.717, 1.165) is 38.5 Å². The molecule has 1 N–H and O–H groups in total. The summed E-state index contributed by atoms with van der Waals surface area (Å²) in [7, 11) is 0. The van der Waals surface area contributed by atoms with Crippen LogP contribution in [0.25, 0.3) is 11.4 Å². The summed E-state index contributed by atoms with van der Waals surface area (Å²) in [6.45, 7) is 14.4. The van der Waals surface area contributed by atoms with Gasteiger partial charge in [-0.1, -0.05) is 41.5 Å². The summed E-state index contributed by atoms with van der Waals surface area (Å²) in [5.74, 6) is 0.264. The Kier molecular flexibility index (Phi) is 10.8. The van der Waals surface area contributed by atoms with Crippen molar-refractivity contribution in [2.75, 3.05) is 68.8 Å². The lowest BCUT2D eigenvalue weighted by Crippen LogP contribution is -2.46. The maximum Gasteiger partial charge on any atom is 0.350 e. The molecule has 3 aromatic rings. The van der Waals surface area contributed by atoms with Crippen molar-refractivity contribution in [3.05, 3.63) is 38.7 Å². The Morgan fingerprint density at radius 1 is 1.02 bits per heavy atom. The molecule has 0 amide bonds. The van der Waals surface area contributed by atoms with Gasteiger partial charge in [0, 0.05) is 58.0 Å². The molecule has 2 fully saturated rings. The number of likely N-dealkylation sites (N-methyl/N-ethyl adjacent to an activating group) is 1. The number of halogens is 2. The SMILES string of the molecule is CCOC(=O)c1sc(N2CC[C@@H](CC(=O)c3[nH]c(C)c(Cl)c3Cl)[C@@H](OCC)C2)nc1-c1cnc(N2CCN(CC)CC2)cn1. The van der Waals surface area contributed by atoms with Crippen molar-refractivity contribution < 1.29 is 19.1 Å². The highest BCUT2D eigenvalue weighted by atomic mass is 35.5. The molecule has 0 aliphatic carbocycles. The molecule has 0 aromatic carbocycles. The Hall–Kier alpha value is -2.77. The number of nitrogens with zero attached hydrogens (tertiary/aromatic N) is 6. The summed E-state index contributed by atoms with van der Waals surface area (Å²) in [6.07, 6.45) is 4.20. The van der Waals surface area contributed by atoms with E-state index < -0.39 is 5.97 Å². The maximum atomic E-state index is 13.2. The van der Waals surface area contributed by atoms with Gasteiger partial charge in [0.25, 0.3) is 0 Å². The Balaban J connectivity index is 1.34. The zero-order valence-corrected chi connectivity index (χ0v) is 27.9. The number of Topliss-reactive ketones (excluding diaryl/α,β-unsaturated/α-hetero) is 1. The number of rotatable bonds is 11. The molecule has 0 spiro atoms. The minimum atomic E-state index is -0.438. The Bertz CT molecular complexity index is 1460. The number of carbonyl (C=O) groups is 2. The fraction of sp³-hybridized carbons (Fsp3) is 0.567. The fourth-order valence-corrected chi connectivity index (χ4v) is 7.17. The molecule has 3 aromatic heterocycles. The summed E-state index contributed by atoms with van der Waals surface area (Å²) >= 11 is 13.8. The Morgan fingerprint density at radius 3 is 2.41 bits per heavy atom. The number of hydrogen-bond acceptors (Lipinski definition) is 11. The van der Waals surface area contributed by atoms with Gasteiger partial charge in [0.2, 0.25) is 0 Å². The van der Waals surface area contributed by atoms with Crippen LogP contribution in [-0.4, -0.2) is 102 Å². The third kappa shape index (κ3) is 7.04. The number of aromatic amines is 1. The molecule has 238 valence electrons. The average molecular weight is 665 g/mol. The molecule has 0 radical (unpaired) electrons. The van der Waals surface area contributed by atoms with Crippen molar-refractivity contribution in [2.24, 2.45) is 5.92 Å². The average Bonchev–Trinajstić information content (AvgIpc) is 3.60. The number of ether oxygens (including phenoxy) is 2. The second-order valence-electron chi connectivity index (χ2n) is 10.9. The van der Waals surface area contributed by atoms with Gasteiger partial charge in [0.15, 0.2) is 10.9 Å². The zero-order valence-electron chi connectivity index (χ0n) is 25.6. The first-order chi connectivity index (χ1) is 21.2. The topological polar surface area (TPSA) is 117 Å². The van der Waals surface area contributed by atoms with Crippen LogP contribution in [0, 0.1) is 12.8 Å². The van der Waals surface area contributed by atoms with Crippen LogP contribution in [-0.2, 0) is 9.47 Å². The number of H-pyrrole nitrogens is 1. The lowest BCUT2D eigenvalue weighted by Gasteiger charge is -2.38. The van der Waals surface area contributed by atoms with Gasteiger partial charge in [0.1, 0.15) is 27.8 Å². The monoisotopic (exact) mass is 663 g/mol. The molecule has 11 nitrogen and oxygen atoms in total. The van der Waals surface area contributed by atoms with E-state index in [1.165, 1.54) is 11.3 Å². The van der Waals surface area contributed by atoms with E-state index in [1.807, 2.05) is 6.92 Å². The van der Waals surface area contributed by atoms with Gasteiger partial charge in [-0.2, -0.15) is 0 Å². The van der Waals surface area contributed by atoms with Crippen LogP contribution < -0.4 is 9.80 Å². The van der Waals surface area contributed by atoms with Crippen molar-refractivity contribution in [3.8, 4) is 11.4 Å². The van der Waals surface area contributed by atoms with Gasteiger partial charge in [-0.3, -0.25) is 4.79 Å². The molecule has 2 saturated heterocycles. The Labute approximate surface area is 271 Å². The van der Waals surface area contributed by atoms with Crippen molar-refractivity contribution in [3.63, 3.8) is 0 Å². The molecule has 5 rings (SSSR count). The Morgan fingerprint density at radius 2 is 1.80 bits per heavy atom. The van der Waals surface area contributed by atoms with Crippen molar-refractivity contribution in [1.82, 2.24) is 24.8 Å². The second-order valence-corrected chi connectivity index (χ2v) is 12.7. The van der Waals surface area contributed by atoms with Crippen molar-refractivity contribution in [1.29, 1.82) is 0 Å². The highest BCUT2D eigenvalue weighted by Gasteiger charge is 2.35. The molecule has 2 atom stereocenters. The summed E-state index contributed by atoms with van der Waals surface area (Å²) in [6, 6.07) is 0. The lowest BCUT2D eigenvalue weighted by atomic mass is 9.88. The van der Waals surface area contributed by atoms with Crippen LogP contribution in [0.1, 0.15) is 59.5 Å². The van der Waals surface area contributed by atoms with Crippen molar-refractivity contribution >= 4 is 57.2 Å². The standard InChI is InChI=1S/C30H39Cl2N7O4S/c1-5-37-10-12-38(13-11-37)23-16-33-20(15-34-23)26-28(29(41)43-7-3)44-30(36-26)39-9-8-19(22(17-39)42-6-2)14-21(40)27-25(32)24(31)18(4)35-27/h15-16,19,22,35H,5-14,17H2,1-4H3/t19-,22-/m0/s1. The number of ketones is 1. The second kappa shape index (κ2) is 14.6. The molecular formula is C30H39Cl2N7O4S. The predicted octanol–water partition coefficient (Wildman–Crippen LogP) is 5.37. The molecule has 0 bridgehead atoms. The van der Waals surface area contributed by atoms with Crippen LogP contribution in [0.5, 0.6) is 0 Å². The molecule has 0 saturated carbocycles. The summed E-state index contributed by atoms with van der Waals surface area (Å²) < 4.78 is 11.5. The summed E-state index contributed by atoms with van der Waals surface area (Å²) in [5.41, 5.74) is 1.98. The first kappa shape index (κ1) is 32.6. The predicted molar refractivity (Wildman–Crippen MR) is 174 cm³/mol. The summed E-state index contributed by atoms with van der Waals surface area (Å²) in [5, 5.41) is 1.31. The molecule has 14 heteroatoms. The highest BCUT2D eigenvalue weighted by molar-refractivity contribution is 7.17. The lowest BCUT2D eigenvalue weighted by molar-refractivity contribution is 0.0103. The first-order valence-electron chi connectivity index (χ1n) is 15.1. The largest absolute Gasteiger partial charge is 0.462 e. The molecule has 0 unspecified atom stereocenters. The van der Waals surface area contributed by atoms with Crippen LogP contribution in [0.15, 0.2) is 12.4 Å². The normalized spacial score (nSPS) is 19.4. The van der Waals surface area contributed by atoms with E-state index in [9.17, 15) is 9.59 Å². The van der Waals surface area contributed by atoms with Gasteiger partial charge in [0.05, 0.1) is 35.1 Å². The third-order valence-corrected chi connectivity index (χ3v) is 10.3. The zero-order chi connectivity index (χ0) is 31.4. The molecule has 2 aliphatic heterocycles. The molecule has 2 aliphatic rings. The van der Waals surface area contributed by atoms with Crippen LogP contribution >= 0.6 is 34.5 Å². The molecular weight excluding hydrogens is 625 g/mol. The minimum Gasteiger partial charge on any atom is -0.462 e. The number of hydrogen-bond donors (Lipinski definition) is 1. The number of esters is 1. The number of aromatic nitrogens is 4. The van der Waals surface area contributed by atoms with Gasteiger partial charge in [-0.15, -0.1) is 0 Å². The number of piperazine rings is 1. The van der Waals surface area contributed by atoms with E-state index in [1.54, 1.807) is 26.2 Å². The van der Waals surface area contributed by atoms with E-state index >= 15 is 0 Å². The third-order valence-electron chi connectivity index (χ3n) is 8.23. The maximum absolute atomic E-state index is 13.2. The molecule has 5 heterocycles. The molecule has 44 heavy (non-hydrogen) atoms. The van der Waals surface area contributed by atoms with Crippen LogP contribution in [0.4, 0.5) is 10.9 Å². The van der Waals surface area contributed by atoms with Gasteiger partial charge < -0.3 is 29.2 Å². The minimum absolute atomic E-state index is 0.0151. The van der Waals surface area contributed by atoms with Gasteiger partial charge >= 0.3 is 5.97 Å².